The molecule has 1 aliphatic heterocycles. The van der Waals surface area contributed by atoms with E-state index in [1.54, 1.807) is 0 Å². The zero-order valence-corrected chi connectivity index (χ0v) is 26.7. The Kier molecular flexibility index (Phi) is 12.9. The molecule has 0 spiro atoms. The zero-order chi connectivity index (χ0) is 26.7. The van der Waals surface area contributed by atoms with Gasteiger partial charge in [0, 0.05) is 44.0 Å². The summed E-state index contributed by atoms with van der Waals surface area (Å²) in [4.78, 5) is 13.2. The van der Waals surface area contributed by atoms with Gasteiger partial charge in [0.25, 0.3) is 0 Å². The smallest absolute Gasteiger partial charge is 0.137 e. The fourth-order valence-electron chi connectivity index (χ4n) is 5.49. The second-order valence-corrected chi connectivity index (χ2v) is 11.5. The first-order valence-electron chi connectivity index (χ1n) is 13.7. The van der Waals surface area contributed by atoms with Gasteiger partial charge in [0.1, 0.15) is 11.9 Å². The van der Waals surface area contributed by atoms with Gasteiger partial charge < -0.3 is 10.1 Å². The number of aryl methyl sites for hydroxylation is 1. The van der Waals surface area contributed by atoms with Gasteiger partial charge in [-0.3, -0.25) is 9.80 Å². The molecule has 0 radical (unpaired) electrons. The number of aliphatic hydroxyl groups is 1. The van der Waals surface area contributed by atoms with Crippen molar-refractivity contribution in [2.45, 2.75) is 45.3 Å². The highest BCUT2D eigenvalue weighted by Crippen LogP contribution is 2.31. The van der Waals surface area contributed by atoms with Crippen LogP contribution in [0.5, 0.6) is 0 Å². The van der Waals surface area contributed by atoms with Crippen LogP contribution in [0.2, 0.25) is 0 Å². The van der Waals surface area contributed by atoms with Crippen molar-refractivity contribution >= 4 is 37.2 Å². The normalized spacial score (nSPS) is 15.0. The van der Waals surface area contributed by atoms with Crippen LogP contribution >= 0.6 is 37.2 Å². The van der Waals surface area contributed by atoms with Crippen molar-refractivity contribution in [2.24, 2.45) is 0 Å². The summed E-state index contributed by atoms with van der Waals surface area (Å²) in [5.74, 6) is 0.820. The molecule has 222 valence electrons. The molecule has 5 nitrogen and oxygen atoms in total. The second-order valence-electron chi connectivity index (χ2n) is 11.5. The molecule has 41 heavy (non-hydrogen) atoms. The van der Waals surface area contributed by atoms with Gasteiger partial charge in [-0.05, 0) is 35.1 Å². The number of aromatic nitrogens is 2. The Morgan fingerprint density at radius 3 is 1.90 bits per heavy atom. The summed E-state index contributed by atoms with van der Waals surface area (Å²) < 4.78 is 0. The van der Waals surface area contributed by atoms with E-state index in [9.17, 15) is 5.11 Å². The minimum Gasteiger partial charge on any atom is -0.385 e. The molecule has 1 fully saturated rings. The molecule has 5 rings (SSSR count). The molecular formula is C33H43Cl3N4O. The number of halogens is 3. The third kappa shape index (κ3) is 8.35. The summed E-state index contributed by atoms with van der Waals surface area (Å²) in [5.41, 5.74) is 6.72. The Balaban J connectivity index is 0.00000196. The minimum absolute atomic E-state index is 0. The number of imidazole rings is 1. The highest BCUT2D eigenvalue weighted by Gasteiger charge is 2.28. The average molecular weight is 618 g/mol. The summed E-state index contributed by atoms with van der Waals surface area (Å²) >= 11 is 0. The average Bonchev–Trinajstić information content (AvgIpc) is 3.32. The standard InChI is InChI=1S/C33H40N4O.3ClH/c1-24-30(35-32(34-24)27-16-11-17-28(22-27)33(2,3)4)29(38)23-36-18-20-37(21-19-36)31(25-12-7-5-8-13-25)26-14-9-6-10-15-26;;;/h5-17,22,29,31,38H,18-21,23H2,1-4H3,(H,34,35);3*1H. The van der Waals surface area contributed by atoms with E-state index in [4.69, 9.17) is 4.98 Å². The molecule has 1 atom stereocenters. The number of aliphatic hydroxyl groups excluding tert-OH is 1. The molecule has 1 unspecified atom stereocenters. The van der Waals surface area contributed by atoms with Crippen molar-refractivity contribution in [3.63, 3.8) is 0 Å². The van der Waals surface area contributed by atoms with Crippen LogP contribution in [0, 0.1) is 6.92 Å². The quantitative estimate of drug-likeness (QED) is 0.227. The molecule has 8 heteroatoms. The van der Waals surface area contributed by atoms with Crippen molar-refractivity contribution in [3.8, 4) is 11.4 Å². The lowest BCUT2D eigenvalue weighted by atomic mass is 9.86. The molecule has 0 bridgehead atoms. The van der Waals surface area contributed by atoms with Gasteiger partial charge in [0.05, 0.1) is 11.7 Å². The predicted octanol–water partition coefficient (Wildman–Crippen LogP) is 7.39. The molecule has 2 heterocycles. The van der Waals surface area contributed by atoms with E-state index >= 15 is 0 Å². The summed E-state index contributed by atoms with van der Waals surface area (Å²) in [7, 11) is 0. The van der Waals surface area contributed by atoms with Crippen LogP contribution in [0.1, 0.15) is 61.0 Å². The molecule has 1 saturated heterocycles. The third-order valence-electron chi connectivity index (χ3n) is 7.67. The monoisotopic (exact) mass is 616 g/mol. The van der Waals surface area contributed by atoms with Gasteiger partial charge in [0.2, 0.25) is 0 Å². The third-order valence-corrected chi connectivity index (χ3v) is 7.67. The van der Waals surface area contributed by atoms with E-state index in [0.29, 0.717) is 6.54 Å². The van der Waals surface area contributed by atoms with Gasteiger partial charge >= 0.3 is 0 Å². The van der Waals surface area contributed by atoms with Crippen LogP contribution in [0.25, 0.3) is 11.4 Å². The molecule has 4 aromatic rings. The number of piperazine rings is 1. The van der Waals surface area contributed by atoms with Crippen molar-refractivity contribution in [2.75, 3.05) is 32.7 Å². The Morgan fingerprint density at radius 1 is 0.805 bits per heavy atom. The van der Waals surface area contributed by atoms with Crippen molar-refractivity contribution in [1.29, 1.82) is 0 Å². The molecular weight excluding hydrogens is 575 g/mol. The van der Waals surface area contributed by atoms with E-state index in [1.807, 2.05) is 6.92 Å². The highest BCUT2D eigenvalue weighted by atomic mass is 35.5. The number of H-pyrrole nitrogens is 1. The summed E-state index contributed by atoms with van der Waals surface area (Å²) in [5, 5.41) is 11.2. The number of β-amino-alcohol motifs (C(OH)–C–C–N with tert-alkyl or cyclic N) is 1. The number of rotatable bonds is 7. The van der Waals surface area contributed by atoms with Gasteiger partial charge in [-0.25, -0.2) is 4.98 Å². The Hall–Kier alpha value is -2.38. The number of nitrogens with one attached hydrogen (secondary N) is 1. The minimum atomic E-state index is -0.628. The Morgan fingerprint density at radius 2 is 1.37 bits per heavy atom. The zero-order valence-electron chi connectivity index (χ0n) is 24.3. The maximum Gasteiger partial charge on any atom is 0.137 e. The van der Waals surface area contributed by atoms with Crippen LogP contribution in [0.4, 0.5) is 0 Å². The van der Waals surface area contributed by atoms with Crippen LogP contribution in [0.15, 0.2) is 84.9 Å². The van der Waals surface area contributed by atoms with Crippen molar-refractivity contribution in [3.05, 3.63) is 113 Å². The van der Waals surface area contributed by atoms with E-state index < -0.39 is 6.10 Å². The molecule has 0 saturated carbocycles. The van der Waals surface area contributed by atoms with Gasteiger partial charge in [0.15, 0.2) is 0 Å². The fourth-order valence-corrected chi connectivity index (χ4v) is 5.49. The maximum absolute atomic E-state index is 11.2. The number of aromatic amines is 1. The van der Waals surface area contributed by atoms with Crippen LogP contribution in [-0.2, 0) is 5.41 Å². The second kappa shape index (κ2) is 15.2. The molecule has 1 aliphatic rings. The lowest BCUT2D eigenvalue weighted by molar-refractivity contribution is 0.0606. The van der Waals surface area contributed by atoms with Gasteiger partial charge in [-0.2, -0.15) is 0 Å². The maximum atomic E-state index is 11.2. The summed E-state index contributed by atoms with van der Waals surface area (Å²) in [6.07, 6.45) is -0.628. The van der Waals surface area contributed by atoms with Crippen molar-refractivity contribution in [1.82, 2.24) is 19.8 Å². The van der Waals surface area contributed by atoms with E-state index in [0.717, 1.165) is 49.0 Å². The molecule has 1 aromatic heterocycles. The predicted molar refractivity (Wildman–Crippen MR) is 177 cm³/mol. The number of hydrogen-bond donors (Lipinski definition) is 2. The first-order chi connectivity index (χ1) is 18.3. The van der Waals surface area contributed by atoms with Crippen LogP contribution in [-0.4, -0.2) is 57.6 Å². The van der Waals surface area contributed by atoms with Crippen LogP contribution in [0.3, 0.4) is 0 Å². The molecule has 0 aliphatic carbocycles. The van der Waals surface area contributed by atoms with E-state index in [2.05, 4.69) is 120 Å². The molecule has 2 N–H and O–H groups in total. The first-order valence-corrected chi connectivity index (χ1v) is 13.7. The summed E-state index contributed by atoms with van der Waals surface area (Å²) in [6.45, 7) is 13.0. The van der Waals surface area contributed by atoms with Crippen LogP contribution < -0.4 is 0 Å². The van der Waals surface area contributed by atoms with E-state index in [-0.39, 0.29) is 48.7 Å². The van der Waals surface area contributed by atoms with Crippen molar-refractivity contribution < 1.29 is 5.11 Å². The van der Waals surface area contributed by atoms with E-state index in [1.165, 1.54) is 16.7 Å². The number of benzene rings is 3. The topological polar surface area (TPSA) is 55.4 Å². The van der Waals surface area contributed by atoms with Gasteiger partial charge in [-0.15, -0.1) is 37.2 Å². The summed E-state index contributed by atoms with van der Waals surface area (Å²) in [6, 6.07) is 30.3. The lowest BCUT2D eigenvalue weighted by Gasteiger charge is -2.40. The van der Waals surface area contributed by atoms with Gasteiger partial charge in [-0.1, -0.05) is 99.6 Å². The first kappa shape index (κ1) is 34.8. The lowest BCUT2D eigenvalue weighted by Crippen LogP contribution is -2.48. The SMILES string of the molecule is Cc1[nH]c(-c2cccc(C(C)(C)C)c2)nc1C(O)CN1CCN(C(c2ccccc2)c2ccccc2)CC1.Cl.Cl.Cl. The molecule has 0 amide bonds. The number of nitrogens with zero attached hydrogens (tertiary/aromatic N) is 3. The number of hydrogen-bond acceptors (Lipinski definition) is 4. The Bertz CT molecular complexity index is 1290. The Labute approximate surface area is 263 Å². The fraction of sp³-hybridized carbons (Fsp3) is 0.364. The largest absolute Gasteiger partial charge is 0.385 e. The highest BCUT2D eigenvalue weighted by molar-refractivity contribution is 5.86. The molecule has 3 aromatic carbocycles.